The highest BCUT2D eigenvalue weighted by Gasteiger charge is 2.34. The number of thiazole rings is 1. The predicted octanol–water partition coefficient (Wildman–Crippen LogP) is 3.01. The number of benzene rings is 1. The number of carbonyl (C=O) groups excluding carboxylic acids is 1. The Morgan fingerprint density at radius 3 is 2.83 bits per heavy atom. The van der Waals surface area contributed by atoms with Gasteiger partial charge in [0.1, 0.15) is 6.04 Å². The maximum atomic E-state index is 12.6. The van der Waals surface area contributed by atoms with Gasteiger partial charge in [-0.2, -0.15) is 4.31 Å². The molecule has 1 saturated heterocycles. The first kappa shape index (κ1) is 17.6. The Kier molecular flexibility index (Phi) is 4.83. The molecule has 24 heavy (non-hydrogen) atoms. The Morgan fingerprint density at radius 1 is 1.42 bits per heavy atom. The molecule has 0 radical (unpaired) electrons. The molecule has 0 bridgehead atoms. The van der Waals surface area contributed by atoms with E-state index in [4.69, 9.17) is 11.6 Å². The third kappa shape index (κ3) is 3.42. The van der Waals surface area contributed by atoms with Gasteiger partial charge >= 0.3 is 0 Å². The standard InChI is InChI=1S/C15H18ClN3O3S2/c1-9-6-7-10(16)13-12(9)17-15(23-13)18-14(20)11-5-3-4-8-19(11)24(2,21)22/h6-7,11H,3-5,8H2,1-2H3,(H,17,18,20). The first-order valence-electron chi connectivity index (χ1n) is 7.60. The molecule has 6 nitrogen and oxygen atoms in total. The maximum Gasteiger partial charge on any atom is 0.244 e. The minimum Gasteiger partial charge on any atom is -0.301 e. The number of anilines is 1. The highest BCUT2D eigenvalue weighted by Crippen LogP contribution is 2.34. The Morgan fingerprint density at radius 2 is 2.17 bits per heavy atom. The third-order valence-corrected chi connectivity index (χ3v) is 6.83. The molecular weight excluding hydrogens is 370 g/mol. The fourth-order valence-corrected chi connectivity index (χ4v) is 5.25. The van der Waals surface area contributed by atoms with Crippen LogP contribution >= 0.6 is 22.9 Å². The number of aromatic nitrogens is 1. The normalized spacial score (nSPS) is 19.5. The summed E-state index contributed by atoms with van der Waals surface area (Å²) in [6.45, 7) is 2.30. The monoisotopic (exact) mass is 387 g/mol. The zero-order chi connectivity index (χ0) is 17.5. The van der Waals surface area contributed by atoms with Crippen LogP contribution in [-0.2, 0) is 14.8 Å². The first-order chi connectivity index (χ1) is 11.3. The van der Waals surface area contributed by atoms with Crippen LogP contribution in [0.1, 0.15) is 24.8 Å². The van der Waals surface area contributed by atoms with Gasteiger partial charge in [0.25, 0.3) is 0 Å². The van der Waals surface area contributed by atoms with E-state index in [0.717, 1.165) is 34.9 Å². The van der Waals surface area contributed by atoms with Gasteiger partial charge < -0.3 is 5.32 Å². The van der Waals surface area contributed by atoms with Gasteiger partial charge in [0.15, 0.2) is 5.13 Å². The maximum absolute atomic E-state index is 12.6. The van der Waals surface area contributed by atoms with Crippen molar-refractivity contribution in [1.29, 1.82) is 0 Å². The Bertz CT molecular complexity index is 856. The van der Waals surface area contributed by atoms with Crippen LogP contribution in [0, 0.1) is 6.92 Å². The fraction of sp³-hybridized carbons (Fsp3) is 0.467. The molecule has 1 unspecified atom stereocenters. The van der Waals surface area contributed by atoms with E-state index in [0.29, 0.717) is 23.1 Å². The number of rotatable bonds is 3. The molecule has 0 spiro atoms. The summed E-state index contributed by atoms with van der Waals surface area (Å²) in [5.41, 5.74) is 1.73. The smallest absolute Gasteiger partial charge is 0.244 e. The number of nitrogens with one attached hydrogen (secondary N) is 1. The van der Waals surface area contributed by atoms with Crippen molar-refractivity contribution in [3.63, 3.8) is 0 Å². The van der Waals surface area contributed by atoms with Crippen LogP contribution in [-0.4, -0.2) is 42.5 Å². The first-order valence-corrected chi connectivity index (χ1v) is 10.6. The molecule has 1 aliphatic heterocycles. The zero-order valence-corrected chi connectivity index (χ0v) is 15.8. The Labute approximate surface area is 149 Å². The summed E-state index contributed by atoms with van der Waals surface area (Å²) in [4.78, 5) is 17.0. The largest absolute Gasteiger partial charge is 0.301 e. The second kappa shape index (κ2) is 6.59. The number of hydrogen-bond acceptors (Lipinski definition) is 5. The number of amides is 1. The molecule has 9 heteroatoms. The summed E-state index contributed by atoms with van der Waals surface area (Å²) in [5, 5.41) is 3.78. The molecule has 2 aromatic rings. The van der Waals surface area contributed by atoms with Crippen molar-refractivity contribution in [2.45, 2.75) is 32.2 Å². The lowest BCUT2D eigenvalue weighted by molar-refractivity contribution is -0.120. The molecule has 1 aliphatic rings. The number of fused-ring (bicyclic) bond motifs is 1. The van der Waals surface area contributed by atoms with Gasteiger partial charge in [-0.15, -0.1) is 0 Å². The number of halogens is 1. The Balaban J connectivity index is 1.86. The number of carbonyl (C=O) groups is 1. The van der Waals surface area contributed by atoms with Crippen LogP contribution < -0.4 is 5.32 Å². The molecule has 1 aromatic carbocycles. The van der Waals surface area contributed by atoms with Crippen molar-refractivity contribution in [3.05, 3.63) is 22.7 Å². The summed E-state index contributed by atoms with van der Waals surface area (Å²) in [6.07, 6.45) is 3.25. The number of aryl methyl sites for hydroxylation is 1. The van der Waals surface area contributed by atoms with E-state index in [-0.39, 0.29) is 5.91 Å². The van der Waals surface area contributed by atoms with Gasteiger partial charge in [-0.05, 0) is 31.4 Å². The lowest BCUT2D eigenvalue weighted by Gasteiger charge is -2.32. The molecule has 130 valence electrons. The van der Waals surface area contributed by atoms with E-state index in [1.54, 1.807) is 6.07 Å². The van der Waals surface area contributed by atoms with Crippen molar-refractivity contribution in [3.8, 4) is 0 Å². The summed E-state index contributed by atoms with van der Waals surface area (Å²) < 4.78 is 25.9. The van der Waals surface area contributed by atoms with Gasteiger partial charge in [-0.3, -0.25) is 4.79 Å². The number of nitrogens with zero attached hydrogens (tertiary/aromatic N) is 2. The van der Waals surface area contributed by atoms with E-state index in [2.05, 4.69) is 10.3 Å². The number of hydrogen-bond donors (Lipinski definition) is 1. The summed E-state index contributed by atoms with van der Waals surface area (Å²) in [6, 6.07) is 3.00. The zero-order valence-electron chi connectivity index (χ0n) is 13.4. The van der Waals surface area contributed by atoms with Crippen LogP contribution in [0.2, 0.25) is 5.02 Å². The molecule has 1 amide bonds. The molecular formula is C15H18ClN3O3S2. The molecule has 1 aromatic heterocycles. The molecule has 1 atom stereocenters. The molecule has 0 saturated carbocycles. The van der Waals surface area contributed by atoms with Gasteiger partial charge in [0, 0.05) is 6.54 Å². The SMILES string of the molecule is Cc1ccc(Cl)c2sc(NC(=O)C3CCCCN3S(C)(=O)=O)nc12. The van der Waals surface area contributed by atoms with Gasteiger partial charge in [-0.1, -0.05) is 35.4 Å². The van der Waals surface area contributed by atoms with Gasteiger partial charge in [0.05, 0.1) is 21.5 Å². The molecule has 1 N–H and O–H groups in total. The van der Waals surface area contributed by atoms with Crippen molar-refractivity contribution in [2.24, 2.45) is 0 Å². The molecule has 3 rings (SSSR count). The molecule has 0 aliphatic carbocycles. The van der Waals surface area contributed by atoms with Crippen molar-refractivity contribution < 1.29 is 13.2 Å². The lowest BCUT2D eigenvalue weighted by atomic mass is 10.0. The third-order valence-electron chi connectivity index (χ3n) is 4.11. The fourth-order valence-electron chi connectivity index (χ4n) is 2.91. The van der Waals surface area contributed by atoms with E-state index >= 15 is 0 Å². The molecule has 2 heterocycles. The van der Waals surface area contributed by atoms with Crippen LogP contribution in [0.5, 0.6) is 0 Å². The van der Waals surface area contributed by atoms with Crippen LogP contribution in [0.4, 0.5) is 5.13 Å². The predicted molar refractivity (Wildman–Crippen MR) is 97.2 cm³/mol. The van der Waals surface area contributed by atoms with E-state index in [1.807, 2.05) is 13.0 Å². The van der Waals surface area contributed by atoms with E-state index in [9.17, 15) is 13.2 Å². The average Bonchev–Trinajstić information content (AvgIpc) is 2.95. The summed E-state index contributed by atoms with van der Waals surface area (Å²) >= 11 is 7.48. The van der Waals surface area contributed by atoms with Crippen molar-refractivity contribution >= 4 is 54.2 Å². The minimum atomic E-state index is -3.42. The quantitative estimate of drug-likeness (QED) is 0.877. The van der Waals surface area contributed by atoms with Crippen molar-refractivity contribution in [1.82, 2.24) is 9.29 Å². The van der Waals surface area contributed by atoms with Crippen molar-refractivity contribution in [2.75, 3.05) is 18.1 Å². The van der Waals surface area contributed by atoms with Gasteiger partial charge in [0.2, 0.25) is 15.9 Å². The minimum absolute atomic E-state index is 0.340. The molecule has 1 fully saturated rings. The summed E-state index contributed by atoms with van der Waals surface area (Å²) in [7, 11) is -3.42. The number of sulfonamides is 1. The van der Waals surface area contributed by atoms with Crippen LogP contribution in [0.15, 0.2) is 12.1 Å². The van der Waals surface area contributed by atoms with E-state index in [1.165, 1.54) is 15.6 Å². The highest BCUT2D eigenvalue weighted by atomic mass is 35.5. The van der Waals surface area contributed by atoms with Crippen LogP contribution in [0.25, 0.3) is 10.2 Å². The van der Waals surface area contributed by atoms with Gasteiger partial charge in [-0.25, -0.2) is 13.4 Å². The second-order valence-corrected chi connectivity index (χ2v) is 9.28. The van der Waals surface area contributed by atoms with Crippen LogP contribution in [0.3, 0.4) is 0 Å². The Hall–Kier alpha value is -1.22. The average molecular weight is 388 g/mol. The number of piperidine rings is 1. The lowest BCUT2D eigenvalue weighted by Crippen LogP contribution is -2.49. The van der Waals surface area contributed by atoms with E-state index < -0.39 is 16.1 Å². The highest BCUT2D eigenvalue weighted by molar-refractivity contribution is 7.88. The topological polar surface area (TPSA) is 79.4 Å². The summed E-state index contributed by atoms with van der Waals surface area (Å²) in [5.74, 6) is -0.340. The second-order valence-electron chi connectivity index (χ2n) is 5.94.